The highest BCUT2D eigenvalue weighted by Crippen LogP contribution is 2.35. The van der Waals surface area contributed by atoms with Gasteiger partial charge in [0.2, 0.25) is 5.01 Å². The standard InChI is InChI=1S/C21H19ClN4O3S/c1-29-16-9-7-13(8-10-16)21(28)26-11-3-6-17(26)19-24-25-20(30-19)18(27)23-15-5-2-4-14(22)12-15/h2,4-5,7-10,12,17H,3,6,11H2,1H3,(H,23,27)/t17-/m1/s1. The van der Waals surface area contributed by atoms with Crippen LogP contribution in [0.25, 0.3) is 0 Å². The Balaban J connectivity index is 1.48. The lowest BCUT2D eigenvalue weighted by atomic mass is 10.1. The Labute approximate surface area is 182 Å². The molecule has 2 aromatic carbocycles. The Morgan fingerprint density at radius 2 is 2.00 bits per heavy atom. The SMILES string of the molecule is COc1ccc(C(=O)N2CCC[C@@H]2c2nnc(C(=O)Nc3cccc(Cl)c3)s2)cc1. The van der Waals surface area contributed by atoms with Crippen molar-refractivity contribution in [1.29, 1.82) is 0 Å². The van der Waals surface area contributed by atoms with Gasteiger partial charge >= 0.3 is 0 Å². The zero-order chi connectivity index (χ0) is 21.1. The molecule has 1 aliphatic rings. The predicted molar refractivity (Wildman–Crippen MR) is 115 cm³/mol. The van der Waals surface area contributed by atoms with E-state index in [0.717, 1.165) is 12.8 Å². The minimum absolute atomic E-state index is 0.0692. The largest absolute Gasteiger partial charge is 0.497 e. The van der Waals surface area contributed by atoms with Crippen molar-refractivity contribution in [2.24, 2.45) is 0 Å². The molecule has 1 aliphatic heterocycles. The minimum atomic E-state index is -0.355. The third-order valence-electron chi connectivity index (χ3n) is 4.85. The summed E-state index contributed by atoms with van der Waals surface area (Å²) in [4.78, 5) is 27.3. The van der Waals surface area contributed by atoms with Crippen LogP contribution in [0.15, 0.2) is 48.5 Å². The van der Waals surface area contributed by atoms with E-state index in [-0.39, 0.29) is 22.9 Å². The van der Waals surface area contributed by atoms with Gasteiger partial charge in [0, 0.05) is 22.8 Å². The van der Waals surface area contributed by atoms with Crippen molar-refractivity contribution in [1.82, 2.24) is 15.1 Å². The number of rotatable bonds is 5. The Hall–Kier alpha value is -2.97. The fourth-order valence-corrected chi connectivity index (χ4v) is 4.45. The Morgan fingerprint density at radius 3 is 2.73 bits per heavy atom. The third-order valence-corrected chi connectivity index (χ3v) is 6.11. The second kappa shape index (κ2) is 8.81. The summed E-state index contributed by atoms with van der Waals surface area (Å²) in [6, 6.07) is 13.7. The number of nitrogens with zero attached hydrogens (tertiary/aromatic N) is 3. The molecule has 1 atom stereocenters. The molecule has 3 aromatic rings. The van der Waals surface area contributed by atoms with Crippen LogP contribution < -0.4 is 10.1 Å². The fraction of sp³-hybridized carbons (Fsp3) is 0.238. The molecule has 0 bridgehead atoms. The van der Waals surface area contributed by atoms with Crippen LogP contribution in [0.1, 0.15) is 44.1 Å². The van der Waals surface area contributed by atoms with Crippen LogP contribution in [0.5, 0.6) is 5.75 Å². The number of likely N-dealkylation sites (tertiary alicyclic amines) is 1. The van der Waals surface area contributed by atoms with Crippen molar-refractivity contribution >= 4 is 40.4 Å². The van der Waals surface area contributed by atoms with E-state index in [1.165, 1.54) is 11.3 Å². The molecule has 2 heterocycles. The zero-order valence-corrected chi connectivity index (χ0v) is 17.7. The first kappa shape index (κ1) is 20.3. The lowest BCUT2D eigenvalue weighted by Gasteiger charge is -2.22. The van der Waals surface area contributed by atoms with E-state index in [1.54, 1.807) is 60.5 Å². The van der Waals surface area contributed by atoms with Crippen LogP contribution in [0.2, 0.25) is 5.02 Å². The van der Waals surface area contributed by atoms with Gasteiger partial charge in [0.05, 0.1) is 13.2 Å². The van der Waals surface area contributed by atoms with Crippen molar-refractivity contribution in [3.05, 3.63) is 69.1 Å². The van der Waals surface area contributed by atoms with Gasteiger partial charge in [-0.05, 0) is 55.3 Å². The average Bonchev–Trinajstić information content (AvgIpc) is 3.43. The van der Waals surface area contributed by atoms with E-state index in [9.17, 15) is 9.59 Å². The topological polar surface area (TPSA) is 84.4 Å². The van der Waals surface area contributed by atoms with Crippen LogP contribution in [-0.4, -0.2) is 40.6 Å². The number of anilines is 1. The summed E-state index contributed by atoms with van der Waals surface area (Å²) in [5.74, 6) is 0.274. The molecule has 1 N–H and O–H groups in total. The molecule has 4 rings (SSSR count). The van der Waals surface area contributed by atoms with Gasteiger partial charge in [0.25, 0.3) is 11.8 Å². The van der Waals surface area contributed by atoms with E-state index >= 15 is 0 Å². The molecule has 0 unspecified atom stereocenters. The van der Waals surface area contributed by atoms with Gasteiger partial charge in [-0.2, -0.15) is 0 Å². The molecule has 0 aliphatic carbocycles. The van der Waals surface area contributed by atoms with Gasteiger partial charge < -0.3 is 15.0 Å². The maximum Gasteiger partial charge on any atom is 0.286 e. The summed E-state index contributed by atoms with van der Waals surface area (Å²) < 4.78 is 5.15. The van der Waals surface area contributed by atoms with E-state index < -0.39 is 0 Å². The van der Waals surface area contributed by atoms with Gasteiger partial charge in [-0.15, -0.1) is 10.2 Å². The molecule has 0 spiro atoms. The number of amides is 2. The normalized spacial score (nSPS) is 15.8. The highest BCUT2D eigenvalue weighted by molar-refractivity contribution is 7.13. The van der Waals surface area contributed by atoms with E-state index in [1.807, 2.05) is 0 Å². The molecule has 1 fully saturated rings. The smallest absolute Gasteiger partial charge is 0.286 e. The van der Waals surface area contributed by atoms with E-state index in [0.29, 0.717) is 33.6 Å². The maximum absolute atomic E-state index is 13.0. The average molecular weight is 443 g/mol. The second-order valence-corrected chi connectivity index (χ2v) is 8.24. The number of benzene rings is 2. The Morgan fingerprint density at radius 1 is 1.20 bits per heavy atom. The number of methoxy groups -OCH3 is 1. The van der Waals surface area contributed by atoms with Crippen molar-refractivity contribution in [2.45, 2.75) is 18.9 Å². The van der Waals surface area contributed by atoms with Gasteiger partial charge in [0.1, 0.15) is 10.8 Å². The third kappa shape index (κ3) is 4.29. The number of nitrogens with one attached hydrogen (secondary N) is 1. The highest BCUT2D eigenvalue weighted by Gasteiger charge is 2.33. The van der Waals surface area contributed by atoms with Gasteiger partial charge in [-0.1, -0.05) is 29.0 Å². The highest BCUT2D eigenvalue weighted by atomic mass is 35.5. The predicted octanol–water partition coefficient (Wildman–Crippen LogP) is 4.43. The summed E-state index contributed by atoms with van der Waals surface area (Å²) in [5, 5.41) is 12.4. The van der Waals surface area contributed by atoms with Gasteiger partial charge in [-0.3, -0.25) is 9.59 Å². The summed E-state index contributed by atoms with van der Waals surface area (Å²) >= 11 is 7.16. The van der Waals surface area contributed by atoms with Crippen molar-refractivity contribution in [2.75, 3.05) is 19.0 Å². The number of carbonyl (C=O) groups is 2. The first-order valence-electron chi connectivity index (χ1n) is 9.40. The van der Waals surface area contributed by atoms with Crippen LogP contribution in [0.3, 0.4) is 0 Å². The molecule has 1 aromatic heterocycles. The number of aromatic nitrogens is 2. The number of ether oxygens (including phenoxy) is 1. The first-order valence-corrected chi connectivity index (χ1v) is 10.6. The van der Waals surface area contributed by atoms with E-state index in [4.69, 9.17) is 16.3 Å². The van der Waals surface area contributed by atoms with E-state index in [2.05, 4.69) is 15.5 Å². The van der Waals surface area contributed by atoms with Crippen LogP contribution in [0, 0.1) is 0 Å². The van der Waals surface area contributed by atoms with Crippen molar-refractivity contribution < 1.29 is 14.3 Å². The quantitative estimate of drug-likeness (QED) is 0.631. The molecule has 0 saturated carbocycles. The zero-order valence-electron chi connectivity index (χ0n) is 16.2. The van der Waals surface area contributed by atoms with Crippen LogP contribution in [0.4, 0.5) is 5.69 Å². The molecule has 154 valence electrons. The molecular formula is C21H19ClN4O3S. The molecule has 30 heavy (non-hydrogen) atoms. The monoisotopic (exact) mass is 442 g/mol. The van der Waals surface area contributed by atoms with Crippen LogP contribution >= 0.6 is 22.9 Å². The second-order valence-electron chi connectivity index (χ2n) is 6.79. The summed E-state index contributed by atoms with van der Waals surface area (Å²) in [7, 11) is 1.59. The summed E-state index contributed by atoms with van der Waals surface area (Å²) in [6.07, 6.45) is 1.66. The molecule has 9 heteroatoms. The maximum atomic E-state index is 13.0. The van der Waals surface area contributed by atoms with Crippen LogP contribution in [-0.2, 0) is 0 Å². The van der Waals surface area contributed by atoms with Gasteiger partial charge in [-0.25, -0.2) is 0 Å². The molecule has 7 nitrogen and oxygen atoms in total. The molecule has 2 amide bonds. The summed E-state index contributed by atoms with van der Waals surface area (Å²) in [5.41, 5.74) is 1.17. The number of hydrogen-bond acceptors (Lipinski definition) is 6. The minimum Gasteiger partial charge on any atom is -0.497 e. The lowest BCUT2D eigenvalue weighted by molar-refractivity contribution is 0.0735. The molecular weight excluding hydrogens is 424 g/mol. The van der Waals surface area contributed by atoms with Crippen molar-refractivity contribution in [3.63, 3.8) is 0 Å². The van der Waals surface area contributed by atoms with Crippen molar-refractivity contribution in [3.8, 4) is 5.75 Å². The lowest BCUT2D eigenvalue weighted by Crippen LogP contribution is -2.30. The molecule has 1 saturated heterocycles. The number of hydrogen-bond donors (Lipinski definition) is 1. The first-order chi connectivity index (χ1) is 14.5. The summed E-state index contributed by atoms with van der Waals surface area (Å²) in [6.45, 7) is 0.638. The number of carbonyl (C=O) groups excluding carboxylic acids is 2. The van der Waals surface area contributed by atoms with Gasteiger partial charge in [0.15, 0.2) is 0 Å². The fourth-order valence-electron chi connectivity index (χ4n) is 3.38. The Bertz CT molecular complexity index is 1070. The number of halogens is 1. The Kier molecular flexibility index (Phi) is 5.96. The molecule has 0 radical (unpaired) electrons.